The van der Waals surface area contributed by atoms with Gasteiger partial charge in [-0.3, -0.25) is 5.32 Å². The summed E-state index contributed by atoms with van der Waals surface area (Å²) in [6, 6.07) is 14.0. The van der Waals surface area contributed by atoms with Crippen LogP contribution >= 0.6 is 0 Å². The molecular weight excluding hydrogens is 269 g/mol. The number of hydrogen-bond acceptors (Lipinski definition) is 2. The van der Waals surface area contributed by atoms with E-state index in [4.69, 9.17) is 4.74 Å². The number of benzene rings is 2. The standard InChI is InChI=1S/C17H16FNO2/c18-14-9-3-4-10-15(14)19-17(20)21-16-11-5-7-12-6-1-2-8-13(12)16/h1-4,6,8-10,16H,5,7,11H2,(H,19,20)/t16-/m0/s1. The van der Waals surface area contributed by atoms with Crippen LogP contribution in [-0.4, -0.2) is 6.09 Å². The van der Waals surface area contributed by atoms with Crippen LogP contribution in [0.1, 0.15) is 30.1 Å². The topological polar surface area (TPSA) is 38.3 Å². The van der Waals surface area contributed by atoms with Crippen molar-refractivity contribution in [2.75, 3.05) is 5.32 Å². The van der Waals surface area contributed by atoms with Gasteiger partial charge >= 0.3 is 6.09 Å². The summed E-state index contributed by atoms with van der Waals surface area (Å²) in [6.07, 6.45) is 1.89. The van der Waals surface area contributed by atoms with Crippen LogP contribution in [0, 0.1) is 5.82 Å². The van der Waals surface area contributed by atoms with Crippen molar-refractivity contribution >= 4 is 11.8 Å². The highest BCUT2D eigenvalue weighted by Gasteiger charge is 2.23. The molecule has 3 nitrogen and oxygen atoms in total. The van der Waals surface area contributed by atoms with E-state index >= 15 is 0 Å². The highest BCUT2D eigenvalue weighted by Crippen LogP contribution is 2.32. The molecule has 0 bridgehead atoms. The number of nitrogens with one attached hydrogen (secondary N) is 1. The Morgan fingerprint density at radius 2 is 1.90 bits per heavy atom. The molecule has 0 aromatic heterocycles. The van der Waals surface area contributed by atoms with E-state index in [1.54, 1.807) is 12.1 Å². The Labute approximate surface area is 122 Å². The van der Waals surface area contributed by atoms with Crippen molar-refractivity contribution < 1.29 is 13.9 Å². The Morgan fingerprint density at radius 3 is 2.76 bits per heavy atom. The van der Waals surface area contributed by atoms with Crippen molar-refractivity contribution in [1.29, 1.82) is 0 Å². The Bertz CT molecular complexity index is 657. The lowest BCUT2D eigenvalue weighted by Gasteiger charge is -2.25. The second-order valence-electron chi connectivity index (χ2n) is 5.09. The fraction of sp³-hybridized carbons (Fsp3) is 0.235. The molecule has 0 radical (unpaired) electrons. The van der Waals surface area contributed by atoms with Crippen molar-refractivity contribution in [3.05, 3.63) is 65.5 Å². The van der Waals surface area contributed by atoms with E-state index in [9.17, 15) is 9.18 Å². The minimum absolute atomic E-state index is 0.131. The third kappa shape index (κ3) is 3.05. The second kappa shape index (κ2) is 5.95. The first-order valence-electron chi connectivity index (χ1n) is 7.04. The van der Waals surface area contributed by atoms with Gasteiger partial charge in [-0.05, 0) is 42.5 Å². The van der Waals surface area contributed by atoms with Gasteiger partial charge in [0.2, 0.25) is 0 Å². The fourth-order valence-corrected chi connectivity index (χ4v) is 2.66. The van der Waals surface area contributed by atoms with Crippen molar-refractivity contribution in [3.63, 3.8) is 0 Å². The monoisotopic (exact) mass is 285 g/mol. The van der Waals surface area contributed by atoms with E-state index in [-0.39, 0.29) is 11.8 Å². The molecule has 1 amide bonds. The number of hydrogen-bond donors (Lipinski definition) is 1. The third-order valence-corrected chi connectivity index (χ3v) is 3.67. The average Bonchev–Trinajstić information content (AvgIpc) is 2.50. The molecule has 0 spiro atoms. The minimum Gasteiger partial charge on any atom is -0.441 e. The molecule has 0 unspecified atom stereocenters. The lowest BCUT2D eigenvalue weighted by molar-refractivity contribution is 0.0998. The highest BCUT2D eigenvalue weighted by molar-refractivity contribution is 5.84. The zero-order valence-electron chi connectivity index (χ0n) is 11.5. The summed E-state index contributed by atoms with van der Waals surface area (Å²) in [5.74, 6) is -0.474. The predicted molar refractivity (Wildman–Crippen MR) is 78.6 cm³/mol. The van der Waals surface area contributed by atoms with Gasteiger partial charge in [0.25, 0.3) is 0 Å². The molecule has 0 saturated heterocycles. The Kier molecular flexibility index (Phi) is 3.86. The molecule has 1 atom stereocenters. The Morgan fingerprint density at radius 1 is 1.14 bits per heavy atom. The fourth-order valence-electron chi connectivity index (χ4n) is 2.66. The molecule has 2 aromatic carbocycles. The molecule has 1 N–H and O–H groups in total. The lowest BCUT2D eigenvalue weighted by Crippen LogP contribution is -2.21. The number of aryl methyl sites for hydroxylation is 1. The van der Waals surface area contributed by atoms with Gasteiger partial charge in [-0.1, -0.05) is 36.4 Å². The zero-order valence-corrected chi connectivity index (χ0v) is 11.5. The van der Waals surface area contributed by atoms with Crippen LogP contribution in [0.2, 0.25) is 0 Å². The number of rotatable bonds is 2. The molecule has 2 aromatic rings. The maximum atomic E-state index is 13.5. The van der Waals surface area contributed by atoms with Crippen molar-refractivity contribution in [1.82, 2.24) is 0 Å². The molecule has 1 aliphatic rings. The van der Waals surface area contributed by atoms with E-state index in [0.717, 1.165) is 24.8 Å². The Hall–Kier alpha value is -2.36. The Balaban J connectivity index is 1.70. The van der Waals surface area contributed by atoms with Gasteiger partial charge in [-0.15, -0.1) is 0 Å². The van der Waals surface area contributed by atoms with Crippen molar-refractivity contribution in [2.24, 2.45) is 0 Å². The van der Waals surface area contributed by atoms with Crippen LogP contribution in [0.25, 0.3) is 0 Å². The van der Waals surface area contributed by atoms with Crippen molar-refractivity contribution in [3.8, 4) is 0 Å². The van der Waals surface area contributed by atoms with Gasteiger partial charge in [0.05, 0.1) is 5.69 Å². The van der Waals surface area contributed by atoms with E-state index in [0.29, 0.717) is 0 Å². The van der Waals surface area contributed by atoms with Gasteiger partial charge in [0, 0.05) is 0 Å². The SMILES string of the molecule is O=C(Nc1ccccc1F)O[C@H]1CCCc2ccccc21. The quantitative estimate of drug-likeness (QED) is 0.885. The molecule has 3 rings (SSSR count). The molecule has 0 heterocycles. The van der Waals surface area contributed by atoms with E-state index in [1.807, 2.05) is 18.2 Å². The van der Waals surface area contributed by atoms with Crippen LogP contribution in [0.15, 0.2) is 48.5 Å². The molecule has 0 aliphatic heterocycles. The maximum Gasteiger partial charge on any atom is 0.412 e. The number of para-hydroxylation sites is 1. The normalized spacial score (nSPS) is 16.9. The van der Waals surface area contributed by atoms with Gasteiger partial charge in [0.1, 0.15) is 11.9 Å². The van der Waals surface area contributed by atoms with Crippen LogP contribution in [0.5, 0.6) is 0 Å². The number of halogens is 1. The smallest absolute Gasteiger partial charge is 0.412 e. The van der Waals surface area contributed by atoms with E-state index in [2.05, 4.69) is 11.4 Å². The van der Waals surface area contributed by atoms with E-state index in [1.165, 1.54) is 17.7 Å². The van der Waals surface area contributed by atoms with Crippen LogP contribution in [0.4, 0.5) is 14.9 Å². The molecule has 4 heteroatoms. The first-order valence-corrected chi connectivity index (χ1v) is 7.04. The molecular formula is C17H16FNO2. The van der Waals surface area contributed by atoms with Gasteiger partial charge in [-0.25, -0.2) is 9.18 Å². The maximum absolute atomic E-state index is 13.5. The van der Waals surface area contributed by atoms with E-state index < -0.39 is 11.9 Å². The van der Waals surface area contributed by atoms with Crippen LogP contribution < -0.4 is 5.32 Å². The van der Waals surface area contributed by atoms with Gasteiger partial charge in [-0.2, -0.15) is 0 Å². The summed E-state index contributed by atoms with van der Waals surface area (Å²) in [5, 5.41) is 2.45. The molecule has 0 fully saturated rings. The van der Waals surface area contributed by atoms with Gasteiger partial charge < -0.3 is 4.74 Å². The summed E-state index contributed by atoms with van der Waals surface area (Å²) in [6.45, 7) is 0. The largest absolute Gasteiger partial charge is 0.441 e. The summed E-state index contributed by atoms with van der Waals surface area (Å²) in [5.41, 5.74) is 2.39. The number of anilines is 1. The number of carbonyl (C=O) groups excluding carboxylic acids is 1. The minimum atomic E-state index is -0.623. The summed E-state index contributed by atoms with van der Waals surface area (Å²) in [7, 11) is 0. The molecule has 21 heavy (non-hydrogen) atoms. The number of fused-ring (bicyclic) bond motifs is 1. The molecule has 108 valence electrons. The number of carbonyl (C=O) groups is 1. The van der Waals surface area contributed by atoms with Crippen LogP contribution in [-0.2, 0) is 11.2 Å². The lowest BCUT2D eigenvalue weighted by atomic mass is 9.89. The molecule has 1 aliphatic carbocycles. The number of amides is 1. The first kappa shape index (κ1) is 13.6. The average molecular weight is 285 g/mol. The predicted octanol–water partition coefficient (Wildman–Crippen LogP) is 4.45. The van der Waals surface area contributed by atoms with Crippen molar-refractivity contribution in [2.45, 2.75) is 25.4 Å². The highest BCUT2D eigenvalue weighted by atomic mass is 19.1. The molecule has 0 saturated carbocycles. The zero-order chi connectivity index (χ0) is 14.7. The third-order valence-electron chi connectivity index (χ3n) is 3.67. The summed E-state index contributed by atoms with van der Waals surface area (Å²) >= 11 is 0. The number of ether oxygens (including phenoxy) is 1. The second-order valence-corrected chi connectivity index (χ2v) is 5.09. The summed E-state index contributed by atoms with van der Waals surface area (Å²) < 4.78 is 19.0. The summed E-state index contributed by atoms with van der Waals surface area (Å²) in [4.78, 5) is 11.9. The van der Waals surface area contributed by atoms with Gasteiger partial charge in [0.15, 0.2) is 0 Å². The van der Waals surface area contributed by atoms with Crippen LogP contribution in [0.3, 0.4) is 0 Å². The first-order chi connectivity index (χ1) is 10.2.